The van der Waals surface area contributed by atoms with Crippen molar-refractivity contribution in [2.24, 2.45) is 46.2 Å². The Morgan fingerprint density at radius 2 is 1.79 bits per heavy atom. The molecule has 0 bridgehead atoms. The lowest BCUT2D eigenvalue weighted by Crippen LogP contribution is -2.70. The summed E-state index contributed by atoms with van der Waals surface area (Å²) >= 11 is 0. The van der Waals surface area contributed by atoms with Crippen LogP contribution in [-0.4, -0.2) is 76.3 Å². The molecule has 0 radical (unpaired) electrons. The molecule has 1 heterocycles. The van der Waals surface area contributed by atoms with E-state index in [4.69, 9.17) is 10.5 Å². The molecule has 6 rings (SSSR count). The summed E-state index contributed by atoms with van der Waals surface area (Å²) in [6.45, 7) is 8.15. The van der Waals surface area contributed by atoms with Crippen LogP contribution in [0.3, 0.4) is 0 Å². The monoisotopic (exact) mass is 658 g/mol. The number of aliphatic hydroxyl groups excluding tert-OH is 3. The first-order valence-corrected chi connectivity index (χ1v) is 16.9. The molecule has 0 aromatic heterocycles. The number of methoxy groups -OCH3 is 1. The Morgan fingerprint density at radius 3 is 2.46 bits per heavy atom. The summed E-state index contributed by atoms with van der Waals surface area (Å²) in [5, 5.41) is 36.8. The van der Waals surface area contributed by atoms with E-state index in [2.05, 4.69) is 11.9 Å². The third-order valence-electron chi connectivity index (χ3n) is 12.1. The number of primary amides is 1. The number of nitrogens with one attached hydrogen (secondary N) is 1. The highest BCUT2D eigenvalue weighted by atomic mass is 16.5. The summed E-state index contributed by atoms with van der Waals surface area (Å²) < 4.78 is 5.70. The maximum Gasteiger partial charge on any atom is 0.235 e. The van der Waals surface area contributed by atoms with Crippen molar-refractivity contribution >= 4 is 23.4 Å². The van der Waals surface area contributed by atoms with E-state index in [1.165, 1.54) is 19.3 Å². The lowest BCUT2D eigenvalue weighted by Gasteiger charge is -2.53. The van der Waals surface area contributed by atoms with E-state index < -0.39 is 82.6 Å². The van der Waals surface area contributed by atoms with Crippen LogP contribution in [0.4, 0.5) is 0 Å². The summed E-state index contributed by atoms with van der Waals surface area (Å²) in [6.07, 6.45) is 3.31. The first kappa shape index (κ1) is 34.2. The van der Waals surface area contributed by atoms with Gasteiger partial charge in [-0.25, -0.2) is 0 Å². The van der Waals surface area contributed by atoms with Crippen LogP contribution in [0.5, 0.6) is 0 Å². The molecule has 5 aliphatic rings. The third-order valence-corrected chi connectivity index (χ3v) is 12.1. The number of rotatable bonds is 4. The van der Waals surface area contributed by atoms with Gasteiger partial charge in [0.25, 0.3) is 0 Å². The summed E-state index contributed by atoms with van der Waals surface area (Å²) in [5.41, 5.74) is 3.95. The van der Waals surface area contributed by atoms with Crippen LogP contribution in [0.15, 0.2) is 77.9 Å². The maximum absolute atomic E-state index is 14.9. The van der Waals surface area contributed by atoms with Gasteiger partial charge in [-0.15, -0.1) is 0 Å². The number of carbonyl (C=O) groups is 4. The Hall–Kier alpha value is -3.70. The Kier molecular flexibility index (Phi) is 9.00. The van der Waals surface area contributed by atoms with Gasteiger partial charge in [0.15, 0.2) is 11.6 Å². The molecular formula is C38H46N2O8. The minimum Gasteiger partial charge on any atom is -0.390 e. The molecular weight excluding hydrogens is 612 g/mol. The molecule has 6 N–H and O–H groups in total. The standard InChI is InChI=1S/C38H46N2O8/c1-19-10-8-14-24-31(43)21(3)20(2)29-25(18-22-12-6-5-7-13-22)40-36(47)37(24,29)27(42)17-16-23-28(26(41)15-9-11-19)33(48-4)30-32(44)34(45)38(23,30)35(39)46/h5-8,12-14,16-17,19-20,24-25,29-34,43-45H,3,9-11,15,18H2,1-2,4H3,(H2,39,46)(H,40,47)/t19-,20+,24?,25-,29?,30?,31+,32?,33?,34?,37+,38?/m0/s1. The number of benzene rings is 1. The quantitative estimate of drug-likeness (QED) is 0.241. The van der Waals surface area contributed by atoms with Gasteiger partial charge in [0.1, 0.15) is 10.8 Å². The van der Waals surface area contributed by atoms with Crippen molar-refractivity contribution in [1.29, 1.82) is 0 Å². The normalized spacial score (nSPS) is 41.4. The van der Waals surface area contributed by atoms with Crippen molar-refractivity contribution in [3.8, 4) is 0 Å². The van der Waals surface area contributed by atoms with Gasteiger partial charge in [-0.05, 0) is 60.3 Å². The van der Waals surface area contributed by atoms with Gasteiger partial charge in [0, 0.05) is 42.9 Å². The highest BCUT2D eigenvalue weighted by molar-refractivity contribution is 6.14. The number of amides is 2. The van der Waals surface area contributed by atoms with Crippen LogP contribution in [0.25, 0.3) is 0 Å². The molecule has 10 nitrogen and oxygen atoms in total. The first-order chi connectivity index (χ1) is 22.8. The zero-order chi connectivity index (χ0) is 34.7. The van der Waals surface area contributed by atoms with E-state index >= 15 is 0 Å². The van der Waals surface area contributed by atoms with Gasteiger partial charge in [-0.1, -0.05) is 69.0 Å². The van der Waals surface area contributed by atoms with Gasteiger partial charge in [-0.2, -0.15) is 0 Å². The Labute approximate surface area is 280 Å². The average Bonchev–Trinajstić information content (AvgIpc) is 3.51. The second-order valence-corrected chi connectivity index (χ2v) is 14.5. The van der Waals surface area contributed by atoms with E-state index in [9.17, 15) is 34.5 Å². The topological polar surface area (TPSA) is 176 Å². The van der Waals surface area contributed by atoms with Gasteiger partial charge >= 0.3 is 0 Å². The molecule has 10 heteroatoms. The van der Waals surface area contributed by atoms with Crippen molar-refractivity contribution in [3.05, 3.63) is 83.5 Å². The first-order valence-electron chi connectivity index (χ1n) is 16.9. The van der Waals surface area contributed by atoms with Gasteiger partial charge in [0.2, 0.25) is 11.8 Å². The summed E-state index contributed by atoms with van der Waals surface area (Å²) in [5.74, 6) is -5.27. The molecule has 12 atom stereocenters. The molecule has 7 unspecified atom stereocenters. The van der Waals surface area contributed by atoms with Crippen LogP contribution in [-0.2, 0) is 30.3 Å². The van der Waals surface area contributed by atoms with Gasteiger partial charge < -0.3 is 31.1 Å². The molecule has 1 saturated heterocycles. The fraction of sp³-hybridized carbons (Fsp3) is 0.526. The fourth-order valence-electron chi connectivity index (χ4n) is 9.67. The molecule has 1 spiro atoms. The second kappa shape index (κ2) is 12.6. The van der Waals surface area contributed by atoms with Crippen molar-refractivity contribution in [1.82, 2.24) is 5.32 Å². The molecule has 2 amide bonds. The lowest BCUT2D eigenvalue weighted by atomic mass is 9.51. The smallest absolute Gasteiger partial charge is 0.235 e. The fourth-order valence-corrected chi connectivity index (χ4v) is 9.67. The Balaban J connectivity index is 1.55. The van der Waals surface area contributed by atoms with E-state index in [0.29, 0.717) is 31.3 Å². The van der Waals surface area contributed by atoms with Crippen molar-refractivity contribution in [2.75, 3.05) is 7.11 Å². The highest BCUT2D eigenvalue weighted by Crippen LogP contribution is 2.62. The van der Waals surface area contributed by atoms with Crippen molar-refractivity contribution in [2.45, 2.75) is 76.4 Å². The minimum absolute atomic E-state index is 0.0269. The molecule has 256 valence electrons. The highest BCUT2D eigenvalue weighted by Gasteiger charge is 2.74. The van der Waals surface area contributed by atoms with Crippen molar-refractivity contribution < 1.29 is 39.2 Å². The Bertz CT molecular complexity index is 1610. The number of hydrogen-bond donors (Lipinski definition) is 5. The molecule has 1 aliphatic heterocycles. The van der Waals surface area contributed by atoms with Crippen LogP contribution in [0.2, 0.25) is 0 Å². The summed E-state index contributed by atoms with van der Waals surface area (Å²) in [7, 11) is 1.36. The zero-order valence-electron chi connectivity index (χ0n) is 27.7. The van der Waals surface area contributed by atoms with Crippen molar-refractivity contribution in [3.63, 3.8) is 0 Å². The van der Waals surface area contributed by atoms with Crippen LogP contribution in [0.1, 0.15) is 45.1 Å². The third kappa shape index (κ3) is 4.75. The van der Waals surface area contributed by atoms with Crippen LogP contribution in [0, 0.1) is 40.4 Å². The SMILES string of the molecule is C=C1[C@@H](C)C2[C@H](Cc3ccccc3)NC(=O)[C@]23C(=O)C=CC2=C(C(=O)CCC[C@@H](C)CC=CC3[C@@H]1O)C(OC)C1C(O)C(O)C21C(N)=O. The van der Waals surface area contributed by atoms with E-state index in [1.54, 1.807) is 6.08 Å². The molecule has 3 fully saturated rings. The molecule has 48 heavy (non-hydrogen) atoms. The number of nitrogens with two attached hydrogens (primary N) is 1. The minimum atomic E-state index is -1.87. The van der Waals surface area contributed by atoms with Gasteiger partial charge in [0.05, 0.1) is 24.4 Å². The lowest BCUT2D eigenvalue weighted by molar-refractivity contribution is -0.213. The summed E-state index contributed by atoms with van der Waals surface area (Å²) in [6, 6.07) is 9.19. The Morgan fingerprint density at radius 1 is 1.08 bits per heavy atom. The number of ether oxygens (including phenoxy) is 1. The van der Waals surface area contributed by atoms with Gasteiger partial charge in [-0.3, -0.25) is 19.2 Å². The number of allylic oxidation sites excluding steroid dienone is 3. The summed E-state index contributed by atoms with van der Waals surface area (Å²) in [4.78, 5) is 56.5. The number of Topliss-reactive ketones (excluding diaryl/α,β-unsaturated/α-hetero) is 1. The molecule has 1 aromatic carbocycles. The molecule has 1 aromatic rings. The molecule has 2 saturated carbocycles. The maximum atomic E-state index is 14.9. The number of carbonyl (C=O) groups excluding carboxylic acids is 4. The number of hydrogen-bond acceptors (Lipinski definition) is 8. The average molecular weight is 659 g/mol. The zero-order valence-corrected chi connectivity index (χ0v) is 27.7. The molecule has 4 aliphatic carbocycles. The second-order valence-electron chi connectivity index (χ2n) is 14.5. The largest absolute Gasteiger partial charge is 0.390 e. The number of aliphatic hydroxyl groups is 3. The van der Waals surface area contributed by atoms with Crippen LogP contribution >= 0.6 is 0 Å². The van der Waals surface area contributed by atoms with E-state index in [1.807, 2.05) is 50.3 Å². The predicted molar refractivity (Wildman–Crippen MR) is 177 cm³/mol. The van der Waals surface area contributed by atoms with Crippen LogP contribution < -0.4 is 11.1 Å². The predicted octanol–water partition coefficient (Wildman–Crippen LogP) is 2.12. The van der Waals surface area contributed by atoms with E-state index in [0.717, 1.165) is 5.56 Å². The number of ketones is 2. The number of fused-ring (bicyclic) bond motifs is 2. The van der Waals surface area contributed by atoms with E-state index in [-0.39, 0.29) is 29.3 Å².